The highest BCUT2D eigenvalue weighted by Crippen LogP contribution is 2.61. The average Bonchev–Trinajstić information content (AvgIpc) is 2.75. The van der Waals surface area contributed by atoms with Crippen LogP contribution in [0.5, 0.6) is 0 Å². The van der Waals surface area contributed by atoms with Crippen molar-refractivity contribution in [2.75, 3.05) is 13.2 Å². The van der Waals surface area contributed by atoms with Gasteiger partial charge in [-0.15, -0.1) is 0 Å². The molecular weight excluding hydrogens is 204 g/mol. The molecule has 0 aliphatic heterocycles. The highest BCUT2D eigenvalue weighted by Gasteiger charge is 2.52. The zero-order valence-corrected chi connectivity index (χ0v) is 11.2. The van der Waals surface area contributed by atoms with Crippen LogP contribution in [0.2, 0.25) is 5.04 Å². The van der Waals surface area contributed by atoms with Crippen molar-refractivity contribution in [2.45, 2.75) is 45.1 Å². The van der Waals surface area contributed by atoms with Crippen LogP contribution < -0.4 is 0 Å². The fraction of sp³-hybridized carbons (Fsp3) is 0.833. The van der Waals surface area contributed by atoms with Crippen molar-refractivity contribution in [1.29, 1.82) is 0 Å². The standard InChI is InChI=1S/C12H22O2Si/c1-4-13-15(14-5-2)12-7-6-11(9-12)8-10(12)3/h8,11,15H,4-7,9H2,1-3H3. The Morgan fingerprint density at radius 3 is 2.47 bits per heavy atom. The van der Waals surface area contributed by atoms with Crippen LogP contribution in [0.15, 0.2) is 11.6 Å². The fourth-order valence-electron chi connectivity index (χ4n) is 3.20. The molecule has 2 aliphatic carbocycles. The zero-order chi connectivity index (χ0) is 10.9. The summed E-state index contributed by atoms with van der Waals surface area (Å²) in [5.74, 6) is 0.820. The molecule has 0 saturated heterocycles. The topological polar surface area (TPSA) is 18.5 Å². The lowest BCUT2D eigenvalue weighted by molar-refractivity contribution is 0.191. The minimum absolute atomic E-state index is 0.344. The van der Waals surface area contributed by atoms with Crippen LogP contribution in [-0.2, 0) is 8.85 Å². The Hall–Kier alpha value is -0.123. The molecule has 0 heterocycles. The van der Waals surface area contributed by atoms with Gasteiger partial charge in [0.1, 0.15) is 0 Å². The van der Waals surface area contributed by atoms with Crippen LogP contribution in [0.3, 0.4) is 0 Å². The molecule has 0 aromatic heterocycles. The Labute approximate surface area is 94.5 Å². The molecule has 2 atom stereocenters. The maximum absolute atomic E-state index is 5.93. The van der Waals surface area contributed by atoms with Gasteiger partial charge in [0.25, 0.3) is 0 Å². The van der Waals surface area contributed by atoms with Crippen molar-refractivity contribution in [1.82, 2.24) is 0 Å². The first-order chi connectivity index (χ1) is 7.23. The summed E-state index contributed by atoms with van der Waals surface area (Å²) in [6.07, 6.45) is 6.41. The summed E-state index contributed by atoms with van der Waals surface area (Å²) in [5.41, 5.74) is 1.55. The van der Waals surface area contributed by atoms with E-state index in [0.29, 0.717) is 5.04 Å². The number of hydrogen-bond donors (Lipinski definition) is 0. The van der Waals surface area contributed by atoms with E-state index in [9.17, 15) is 0 Å². The van der Waals surface area contributed by atoms with Crippen LogP contribution in [0.1, 0.15) is 40.0 Å². The quantitative estimate of drug-likeness (QED) is 0.530. The molecule has 0 spiro atoms. The zero-order valence-electron chi connectivity index (χ0n) is 10.1. The SMILES string of the molecule is CCO[SiH](OCC)C12CCC(C=C1C)C2. The van der Waals surface area contributed by atoms with Crippen molar-refractivity contribution in [2.24, 2.45) is 5.92 Å². The molecule has 2 unspecified atom stereocenters. The van der Waals surface area contributed by atoms with Crippen molar-refractivity contribution in [3.05, 3.63) is 11.6 Å². The van der Waals surface area contributed by atoms with Crippen molar-refractivity contribution < 1.29 is 8.85 Å². The molecule has 2 rings (SSSR count). The van der Waals surface area contributed by atoms with Crippen molar-refractivity contribution >= 4 is 9.28 Å². The number of allylic oxidation sites excluding steroid dienone is 2. The summed E-state index contributed by atoms with van der Waals surface area (Å²) in [7, 11) is -1.51. The Morgan fingerprint density at radius 1 is 1.40 bits per heavy atom. The Morgan fingerprint density at radius 2 is 2.07 bits per heavy atom. The predicted molar refractivity (Wildman–Crippen MR) is 64.2 cm³/mol. The third-order valence-electron chi connectivity index (χ3n) is 3.95. The third kappa shape index (κ3) is 1.81. The van der Waals surface area contributed by atoms with E-state index >= 15 is 0 Å². The van der Waals surface area contributed by atoms with Gasteiger partial charge in [-0.05, 0) is 46.0 Å². The molecule has 0 amide bonds. The molecule has 2 aliphatic rings. The van der Waals surface area contributed by atoms with Gasteiger partial charge >= 0.3 is 9.28 Å². The molecule has 3 heteroatoms. The van der Waals surface area contributed by atoms with E-state index in [-0.39, 0.29) is 0 Å². The summed E-state index contributed by atoms with van der Waals surface area (Å²) < 4.78 is 11.9. The number of fused-ring (bicyclic) bond motifs is 2. The van der Waals surface area contributed by atoms with Crippen LogP contribution in [0.4, 0.5) is 0 Å². The summed E-state index contributed by atoms with van der Waals surface area (Å²) in [5, 5.41) is 0.344. The average molecular weight is 226 g/mol. The second-order valence-corrected chi connectivity index (χ2v) is 7.19. The van der Waals surface area contributed by atoms with E-state index in [2.05, 4.69) is 26.8 Å². The van der Waals surface area contributed by atoms with E-state index in [4.69, 9.17) is 8.85 Å². The molecule has 15 heavy (non-hydrogen) atoms. The van der Waals surface area contributed by atoms with E-state index in [1.165, 1.54) is 19.3 Å². The normalized spacial score (nSPS) is 33.9. The van der Waals surface area contributed by atoms with E-state index in [1.54, 1.807) is 5.57 Å². The molecule has 2 bridgehead atoms. The van der Waals surface area contributed by atoms with E-state index in [1.807, 2.05) is 0 Å². The molecule has 2 nitrogen and oxygen atoms in total. The molecule has 1 saturated carbocycles. The van der Waals surface area contributed by atoms with Gasteiger partial charge in [-0.25, -0.2) is 0 Å². The van der Waals surface area contributed by atoms with E-state index in [0.717, 1.165) is 19.1 Å². The predicted octanol–water partition coefficient (Wildman–Crippen LogP) is 2.78. The van der Waals surface area contributed by atoms with Gasteiger partial charge < -0.3 is 8.85 Å². The lowest BCUT2D eigenvalue weighted by Gasteiger charge is -2.34. The minimum Gasteiger partial charge on any atom is -0.396 e. The molecule has 0 N–H and O–H groups in total. The molecular formula is C12H22O2Si. The molecule has 86 valence electrons. The Balaban J connectivity index is 2.15. The lowest BCUT2D eigenvalue weighted by Crippen LogP contribution is -2.37. The second kappa shape index (κ2) is 4.40. The second-order valence-electron chi connectivity index (χ2n) is 4.75. The Kier molecular flexibility index (Phi) is 3.33. The van der Waals surface area contributed by atoms with Gasteiger partial charge in [-0.2, -0.15) is 0 Å². The van der Waals surface area contributed by atoms with E-state index < -0.39 is 9.28 Å². The largest absolute Gasteiger partial charge is 0.396 e. The molecule has 1 fully saturated rings. The summed E-state index contributed by atoms with van der Waals surface area (Å²) in [6, 6.07) is 0. The molecule has 0 aromatic carbocycles. The smallest absolute Gasteiger partial charge is 0.332 e. The van der Waals surface area contributed by atoms with Crippen LogP contribution in [-0.4, -0.2) is 22.5 Å². The van der Waals surface area contributed by atoms with Gasteiger partial charge in [0.15, 0.2) is 0 Å². The minimum atomic E-state index is -1.51. The Bertz CT molecular complexity index is 258. The van der Waals surface area contributed by atoms with Crippen LogP contribution in [0.25, 0.3) is 0 Å². The first-order valence-corrected chi connectivity index (χ1v) is 7.67. The number of hydrogen-bond acceptors (Lipinski definition) is 2. The monoisotopic (exact) mass is 226 g/mol. The molecule has 0 radical (unpaired) electrons. The van der Waals surface area contributed by atoms with Crippen molar-refractivity contribution in [3.8, 4) is 0 Å². The van der Waals surface area contributed by atoms with Gasteiger partial charge in [0, 0.05) is 18.3 Å². The first-order valence-electron chi connectivity index (χ1n) is 6.15. The maximum Gasteiger partial charge on any atom is 0.332 e. The highest BCUT2D eigenvalue weighted by atomic mass is 28.3. The van der Waals surface area contributed by atoms with Gasteiger partial charge in [0.2, 0.25) is 0 Å². The fourth-order valence-corrected chi connectivity index (χ4v) is 5.91. The maximum atomic E-state index is 5.93. The first kappa shape index (κ1) is 11.4. The highest BCUT2D eigenvalue weighted by molar-refractivity contribution is 6.50. The van der Waals surface area contributed by atoms with Gasteiger partial charge in [-0.3, -0.25) is 0 Å². The number of rotatable bonds is 5. The summed E-state index contributed by atoms with van der Waals surface area (Å²) in [4.78, 5) is 0. The van der Waals surface area contributed by atoms with Gasteiger partial charge in [-0.1, -0.05) is 11.6 Å². The van der Waals surface area contributed by atoms with Crippen molar-refractivity contribution in [3.63, 3.8) is 0 Å². The van der Waals surface area contributed by atoms with Crippen LogP contribution in [0, 0.1) is 5.92 Å². The van der Waals surface area contributed by atoms with Crippen LogP contribution >= 0.6 is 0 Å². The third-order valence-corrected chi connectivity index (χ3v) is 7.10. The van der Waals surface area contributed by atoms with Gasteiger partial charge in [0.05, 0.1) is 0 Å². The lowest BCUT2D eigenvalue weighted by atomic mass is 9.99. The molecule has 0 aromatic rings. The summed E-state index contributed by atoms with van der Waals surface area (Å²) >= 11 is 0. The summed E-state index contributed by atoms with van der Waals surface area (Å²) in [6.45, 7) is 8.04.